The van der Waals surface area contributed by atoms with Gasteiger partial charge in [-0.2, -0.15) is 0 Å². The minimum atomic E-state index is 0.885. The summed E-state index contributed by atoms with van der Waals surface area (Å²) in [6, 6.07) is 0. The Morgan fingerprint density at radius 3 is 2.56 bits per heavy atom. The largest absolute Gasteiger partial charge is 0.381 e. The molecule has 1 saturated carbocycles. The van der Waals surface area contributed by atoms with Crippen molar-refractivity contribution in [3.05, 3.63) is 0 Å². The predicted molar refractivity (Wildman–Crippen MR) is 38.5 cm³/mol. The molecule has 1 nitrogen and oxygen atoms in total. The first kappa shape index (κ1) is 7.07. The molecule has 0 aromatic carbocycles. The summed E-state index contributed by atoms with van der Waals surface area (Å²) in [5.74, 6) is 0.893. The molecule has 0 saturated heterocycles. The van der Waals surface area contributed by atoms with Gasteiger partial charge in [-0.3, -0.25) is 0 Å². The third-order valence-corrected chi connectivity index (χ3v) is 2.03. The summed E-state index contributed by atoms with van der Waals surface area (Å²) in [4.78, 5) is 0. The van der Waals surface area contributed by atoms with E-state index in [0.717, 1.165) is 19.1 Å². The first-order valence-electron chi connectivity index (χ1n) is 4.01. The van der Waals surface area contributed by atoms with Gasteiger partial charge in [-0.25, -0.2) is 0 Å². The lowest BCUT2D eigenvalue weighted by molar-refractivity contribution is 0.112. The highest BCUT2D eigenvalue weighted by Crippen LogP contribution is 2.24. The molecular weight excluding hydrogens is 112 g/mol. The quantitative estimate of drug-likeness (QED) is 0.566. The van der Waals surface area contributed by atoms with Gasteiger partial charge in [0.1, 0.15) is 0 Å². The second-order valence-electron chi connectivity index (χ2n) is 2.81. The van der Waals surface area contributed by atoms with Crippen molar-refractivity contribution in [1.82, 2.24) is 0 Å². The minimum absolute atomic E-state index is 0.885. The Bertz CT molecular complexity index is 65.0. The van der Waals surface area contributed by atoms with Crippen LogP contribution in [0.25, 0.3) is 0 Å². The number of ether oxygens (including phenoxy) is 1. The van der Waals surface area contributed by atoms with Gasteiger partial charge >= 0.3 is 0 Å². The Morgan fingerprint density at radius 2 is 2.00 bits per heavy atom. The predicted octanol–water partition coefficient (Wildman–Crippen LogP) is 2.21. The second-order valence-corrected chi connectivity index (χ2v) is 2.81. The van der Waals surface area contributed by atoms with E-state index in [1.165, 1.54) is 25.7 Å². The molecule has 1 heteroatoms. The molecule has 0 aromatic rings. The minimum Gasteiger partial charge on any atom is -0.381 e. The third-order valence-electron chi connectivity index (χ3n) is 2.03. The van der Waals surface area contributed by atoms with Gasteiger partial charge in [0.2, 0.25) is 0 Å². The van der Waals surface area contributed by atoms with Crippen LogP contribution in [0, 0.1) is 5.92 Å². The molecule has 0 heterocycles. The van der Waals surface area contributed by atoms with Crippen LogP contribution in [-0.2, 0) is 4.74 Å². The molecule has 54 valence electrons. The highest BCUT2D eigenvalue weighted by molar-refractivity contribution is 4.65. The van der Waals surface area contributed by atoms with Crippen molar-refractivity contribution >= 4 is 0 Å². The van der Waals surface area contributed by atoms with Crippen molar-refractivity contribution < 1.29 is 4.74 Å². The monoisotopic (exact) mass is 128 g/mol. The van der Waals surface area contributed by atoms with Gasteiger partial charge in [0, 0.05) is 13.2 Å². The third kappa shape index (κ3) is 2.35. The fraction of sp³-hybridized carbons (Fsp3) is 1.00. The van der Waals surface area contributed by atoms with E-state index in [1.54, 1.807) is 0 Å². The van der Waals surface area contributed by atoms with Gasteiger partial charge < -0.3 is 4.74 Å². The topological polar surface area (TPSA) is 9.23 Å². The maximum atomic E-state index is 5.32. The summed E-state index contributed by atoms with van der Waals surface area (Å²) < 4.78 is 5.32. The van der Waals surface area contributed by atoms with E-state index in [1.807, 2.05) is 0 Å². The van der Waals surface area contributed by atoms with Gasteiger partial charge in [0.15, 0.2) is 0 Å². The molecule has 0 spiro atoms. The Kier molecular flexibility index (Phi) is 3.05. The van der Waals surface area contributed by atoms with Gasteiger partial charge in [-0.15, -0.1) is 0 Å². The van der Waals surface area contributed by atoms with E-state index >= 15 is 0 Å². The standard InChI is InChI=1S/C8H16O/c1-2-9-7-8-5-3-4-6-8/h8H,2-7H2,1H3. The normalized spacial score (nSPS) is 21.0. The zero-order chi connectivity index (χ0) is 6.53. The molecule has 0 atom stereocenters. The molecule has 9 heavy (non-hydrogen) atoms. The van der Waals surface area contributed by atoms with Crippen molar-refractivity contribution in [2.75, 3.05) is 13.2 Å². The van der Waals surface area contributed by atoms with Crippen molar-refractivity contribution in [3.63, 3.8) is 0 Å². The van der Waals surface area contributed by atoms with E-state index in [0.29, 0.717) is 0 Å². The fourth-order valence-electron chi connectivity index (χ4n) is 1.46. The lowest BCUT2D eigenvalue weighted by Gasteiger charge is -2.06. The lowest BCUT2D eigenvalue weighted by Crippen LogP contribution is -2.04. The second kappa shape index (κ2) is 3.89. The van der Waals surface area contributed by atoms with E-state index in [-0.39, 0.29) is 0 Å². The summed E-state index contributed by atoms with van der Waals surface area (Å²) in [6.45, 7) is 3.96. The van der Waals surface area contributed by atoms with Crippen LogP contribution in [0.4, 0.5) is 0 Å². The molecule has 1 rings (SSSR count). The van der Waals surface area contributed by atoms with E-state index in [4.69, 9.17) is 4.74 Å². The van der Waals surface area contributed by atoms with Crippen LogP contribution in [0.1, 0.15) is 32.6 Å². The van der Waals surface area contributed by atoms with Crippen molar-refractivity contribution in [2.24, 2.45) is 5.92 Å². The zero-order valence-corrected chi connectivity index (χ0v) is 6.23. The summed E-state index contributed by atoms with van der Waals surface area (Å²) in [5.41, 5.74) is 0. The van der Waals surface area contributed by atoms with Crippen LogP contribution in [0.15, 0.2) is 0 Å². The van der Waals surface area contributed by atoms with Gasteiger partial charge in [0.25, 0.3) is 0 Å². The van der Waals surface area contributed by atoms with Crippen molar-refractivity contribution in [3.8, 4) is 0 Å². The highest BCUT2D eigenvalue weighted by Gasteiger charge is 2.13. The van der Waals surface area contributed by atoms with Crippen LogP contribution >= 0.6 is 0 Å². The van der Waals surface area contributed by atoms with Crippen LogP contribution < -0.4 is 0 Å². The van der Waals surface area contributed by atoms with Gasteiger partial charge in [-0.1, -0.05) is 12.8 Å². The molecule has 0 aliphatic heterocycles. The van der Waals surface area contributed by atoms with Gasteiger partial charge in [0.05, 0.1) is 0 Å². The maximum absolute atomic E-state index is 5.32. The average Bonchev–Trinajstić information content (AvgIpc) is 2.34. The molecule has 0 amide bonds. The van der Waals surface area contributed by atoms with Crippen LogP contribution in [0.3, 0.4) is 0 Å². The Labute approximate surface area is 57.4 Å². The molecule has 0 aromatic heterocycles. The fourth-order valence-corrected chi connectivity index (χ4v) is 1.46. The smallest absolute Gasteiger partial charge is 0.0494 e. The van der Waals surface area contributed by atoms with Crippen LogP contribution in [0.2, 0.25) is 0 Å². The first-order valence-corrected chi connectivity index (χ1v) is 4.01. The summed E-state index contributed by atoms with van der Waals surface area (Å²) in [6.07, 6.45) is 5.66. The highest BCUT2D eigenvalue weighted by atomic mass is 16.5. The van der Waals surface area contributed by atoms with Crippen molar-refractivity contribution in [2.45, 2.75) is 32.6 Å². The van der Waals surface area contributed by atoms with E-state index in [9.17, 15) is 0 Å². The van der Waals surface area contributed by atoms with Gasteiger partial charge in [-0.05, 0) is 25.7 Å². The summed E-state index contributed by atoms with van der Waals surface area (Å²) >= 11 is 0. The summed E-state index contributed by atoms with van der Waals surface area (Å²) in [5, 5.41) is 0. The molecule has 1 fully saturated rings. The summed E-state index contributed by atoms with van der Waals surface area (Å²) in [7, 11) is 0. The number of rotatable bonds is 3. The Morgan fingerprint density at radius 1 is 1.33 bits per heavy atom. The number of hydrogen-bond acceptors (Lipinski definition) is 1. The molecular formula is C8H16O. The molecule has 0 unspecified atom stereocenters. The van der Waals surface area contributed by atoms with E-state index < -0.39 is 0 Å². The van der Waals surface area contributed by atoms with Crippen molar-refractivity contribution in [1.29, 1.82) is 0 Å². The molecule has 0 bridgehead atoms. The Hall–Kier alpha value is -0.0400. The number of hydrogen-bond donors (Lipinski definition) is 0. The molecule has 1 aliphatic rings. The Balaban J connectivity index is 1.98. The zero-order valence-electron chi connectivity index (χ0n) is 6.23. The molecule has 1 aliphatic carbocycles. The molecule has 0 radical (unpaired) electrons. The maximum Gasteiger partial charge on any atom is 0.0494 e. The molecule has 0 N–H and O–H groups in total. The SMILES string of the molecule is CCOCC1CCCC1. The first-order chi connectivity index (χ1) is 4.43. The van der Waals surface area contributed by atoms with Crippen LogP contribution in [0.5, 0.6) is 0 Å². The van der Waals surface area contributed by atoms with E-state index in [2.05, 4.69) is 6.92 Å². The average molecular weight is 128 g/mol. The van der Waals surface area contributed by atoms with Crippen LogP contribution in [-0.4, -0.2) is 13.2 Å². The lowest BCUT2D eigenvalue weighted by atomic mass is 10.1.